The fourth-order valence-electron chi connectivity index (χ4n) is 3.49. The maximum atomic E-state index is 13.4. The number of aryl methyl sites for hydroxylation is 3. The van der Waals surface area contributed by atoms with Gasteiger partial charge in [0.2, 0.25) is 5.91 Å². The number of sulfonamides is 1. The molecular weight excluding hydrogens is 458 g/mol. The molecule has 0 spiro atoms. The monoisotopic (exact) mass is 485 g/mol. The molecule has 0 saturated heterocycles. The van der Waals surface area contributed by atoms with Crippen LogP contribution >= 0.6 is 11.6 Å². The summed E-state index contributed by atoms with van der Waals surface area (Å²) >= 11 is 6.20. The summed E-state index contributed by atoms with van der Waals surface area (Å²) in [4.78, 5) is 13.2. The molecule has 0 aromatic heterocycles. The van der Waals surface area contributed by atoms with E-state index in [4.69, 9.17) is 16.3 Å². The maximum Gasteiger partial charge on any atom is 0.270 e. The lowest BCUT2D eigenvalue weighted by molar-refractivity contribution is -0.117. The van der Waals surface area contributed by atoms with Gasteiger partial charge in [-0.2, -0.15) is 0 Å². The Bertz CT molecular complexity index is 1190. The molecule has 174 valence electrons. The second-order valence-electron chi connectivity index (χ2n) is 7.82. The second kappa shape index (κ2) is 10.9. The van der Waals surface area contributed by atoms with Gasteiger partial charge in [-0.05, 0) is 79.8 Å². The van der Waals surface area contributed by atoms with E-state index in [0.29, 0.717) is 22.9 Å². The summed E-state index contributed by atoms with van der Waals surface area (Å²) in [5.74, 6) is 0.168. The van der Waals surface area contributed by atoms with Gasteiger partial charge in [0.1, 0.15) is 5.75 Å². The van der Waals surface area contributed by atoms with Crippen molar-refractivity contribution in [3.8, 4) is 5.75 Å². The number of anilines is 1. The van der Waals surface area contributed by atoms with Gasteiger partial charge in [0.15, 0.2) is 0 Å². The van der Waals surface area contributed by atoms with Crippen LogP contribution in [-0.4, -0.2) is 20.9 Å². The van der Waals surface area contributed by atoms with Crippen molar-refractivity contribution in [3.05, 3.63) is 88.4 Å². The predicted octanol–water partition coefficient (Wildman–Crippen LogP) is 6.10. The van der Waals surface area contributed by atoms with Crippen LogP contribution in [0, 0.1) is 13.8 Å². The van der Waals surface area contributed by atoms with Crippen LogP contribution < -0.4 is 9.04 Å². The average molecular weight is 486 g/mol. The Hall–Kier alpha value is -2.83. The van der Waals surface area contributed by atoms with Gasteiger partial charge in [0.25, 0.3) is 10.0 Å². The summed E-state index contributed by atoms with van der Waals surface area (Å²) in [6.45, 7) is 6.10. The molecule has 0 fully saturated rings. The van der Waals surface area contributed by atoms with Crippen molar-refractivity contribution < 1.29 is 17.9 Å². The molecule has 0 atom stereocenters. The summed E-state index contributed by atoms with van der Waals surface area (Å²) in [6.07, 6.45) is 1.21. The number of carbonyl (C=O) groups excluding carboxylic acids is 1. The van der Waals surface area contributed by atoms with Crippen LogP contribution in [0.4, 0.5) is 5.69 Å². The van der Waals surface area contributed by atoms with Gasteiger partial charge >= 0.3 is 0 Å². The summed E-state index contributed by atoms with van der Waals surface area (Å²) in [5.41, 5.74) is 3.22. The van der Waals surface area contributed by atoms with Crippen molar-refractivity contribution in [1.82, 2.24) is 0 Å². The maximum absolute atomic E-state index is 13.4. The van der Waals surface area contributed by atoms with Gasteiger partial charge in [-0.3, -0.25) is 4.79 Å². The lowest BCUT2D eigenvalue weighted by atomic mass is 10.1. The number of benzene rings is 3. The number of rotatable bonds is 9. The van der Waals surface area contributed by atoms with E-state index < -0.39 is 15.9 Å². The van der Waals surface area contributed by atoms with Crippen LogP contribution in [0.1, 0.15) is 36.5 Å². The van der Waals surface area contributed by atoms with Gasteiger partial charge in [0, 0.05) is 11.4 Å². The molecule has 0 heterocycles. The molecule has 0 N–H and O–H groups in total. The highest BCUT2D eigenvalue weighted by atomic mass is 35.5. The zero-order valence-electron chi connectivity index (χ0n) is 19.0. The van der Waals surface area contributed by atoms with Crippen LogP contribution in [0.2, 0.25) is 5.02 Å². The minimum Gasteiger partial charge on any atom is -0.494 e. The highest BCUT2D eigenvalue weighted by molar-refractivity contribution is 7.93. The first-order chi connectivity index (χ1) is 15.7. The molecule has 0 aliphatic carbocycles. The van der Waals surface area contributed by atoms with Gasteiger partial charge < -0.3 is 4.74 Å². The number of nitrogens with zero attached hydrogens (tertiary/aromatic N) is 1. The van der Waals surface area contributed by atoms with Crippen molar-refractivity contribution in [1.29, 1.82) is 0 Å². The number of ether oxygens (including phenoxy) is 1. The third-order valence-electron chi connectivity index (χ3n) is 5.30. The molecule has 0 saturated carbocycles. The topological polar surface area (TPSA) is 63.7 Å². The van der Waals surface area contributed by atoms with Crippen molar-refractivity contribution in [2.24, 2.45) is 0 Å². The van der Waals surface area contributed by atoms with Crippen LogP contribution in [0.15, 0.2) is 71.6 Å². The molecule has 0 aliphatic rings. The number of hydrogen-bond donors (Lipinski definition) is 0. The fraction of sp³-hybridized carbons (Fsp3) is 0.269. The zero-order chi connectivity index (χ0) is 24.0. The first-order valence-corrected chi connectivity index (χ1v) is 12.7. The third-order valence-corrected chi connectivity index (χ3v) is 7.66. The molecule has 5 nitrogen and oxygen atoms in total. The quantitative estimate of drug-likeness (QED) is 0.343. The molecule has 3 rings (SSSR count). The van der Waals surface area contributed by atoms with Crippen LogP contribution in [0.3, 0.4) is 0 Å². The van der Waals surface area contributed by atoms with Crippen molar-refractivity contribution in [2.45, 2.75) is 44.9 Å². The standard InChI is InChI=1S/C26H28ClNO4S/c1-4-21-12-14-22(15-13-21)28(33(30,31)24-9-6-5-7-10-24)25(29)11-8-16-32-23-17-19(2)26(27)20(3)18-23/h5-7,9-10,12-15,17-18H,4,8,11,16H2,1-3H3. The number of amides is 1. The Morgan fingerprint density at radius 2 is 1.58 bits per heavy atom. The molecular formula is C26H28ClNO4S. The molecule has 0 unspecified atom stereocenters. The Morgan fingerprint density at radius 3 is 2.15 bits per heavy atom. The Morgan fingerprint density at radius 1 is 0.970 bits per heavy atom. The van der Waals surface area contributed by atoms with Crippen LogP contribution in [0.25, 0.3) is 0 Å². The summed E-state index contributed by atoms with van der Waals surface area (Å²) in [6, 6.07) is 18.7. The summed E-state index contributed by atoms with van der Waals surface area (Å²) in [5, 5.41) is 0.702. The fourth-order valence-corrected chi connectivity index (χ4v) is 5.07. The zero-order valence-corrected chi connectivity index (χ0v) is 20.6. The van der Waals surface area contributed by atoms with Gasteiger partial charge in [0.05, 0.1) is 17.2 Å². The summed E-state index contributed by atoms with van der Waals surface area (Å²) < 4.78 is 33.4. The molecule has 3 aromatic carbocycles. The van der Waals surface area contributed by atoms with Gasteiger partial charge in [-0.1, -0.05) is 48.9 Å². The van der Waals surface area contributed by atoms with E-state index in [0.717, 1.165) is 27.4 Å². The molecule has 0 bridgehead atoms. The van der Waals surface area contributed by atoms with Crippen LogP contribution in [0.5, 0.6) is 5.75 Å². The molecule has 1 amide bonds. The molecule has 33 heavy (non-hydrogen) atoms. The minimum atomic E-state index is -4.05. The van der Waals surface area contributed by atoms with Gasteiger partial charge in [-0.25, -0.2) is 12.7 Å². The van der Waals surface area contributed by atoms with Gasteiger partial charge in [-0.15, -0.1) is 0 Å². The predicted molar refractivity (Wildman–Crippen MR) is 133 cm³/mol. The van der Waals surface area contributed by atoms with Crippen molar-refractivity contribution in [2.75, 3.05) is 10.9 Å². The van der Waals surface area contributed by atoms with Crippen molar-refractivity contribution in [3.63, 3.8) is 0 Å². The highest BCUT2D eigenvalue weighted by Crippen LogP contribution is 2.27. The molecule has 3 aromatic rings. The first-order valence-electron chi connectivity index (χ1n) is 10.9. The Balaban J connectivity index is 1.76. The lowest BCUT2D eigenvalue weighted by Crippen LogP contribution is -2.37. The number of carbonyl (C=O) groups is 1. The van der Waals surface area contributed by atoms with E-state index in [1.165, 1.54) is 12.1 Å². The third kappa shape index (κ3) is 5.95. The van der Waals surface area contributed by atoms with E-state index >= 15 is 0 Å². The molecule has 0 aliphatic heterocycles. The molecule has 7 heteroatoms. The average Bonchev–Trinajstić information content (AvgIpc) is 2.81. The molecule has 0 radical (unpaired) electrons. The Labute approximate surface area is 201 Å². The smallest absolute Gasteiger partial charge is 0.270 e. The van der Waals surface area contributed by atoms with E-state index in [1.54, 1.807) is 30.3 Å². The number of hydrogen-bond acceptors (Lipinski definition) is 4. The van der Waals surface area contributed by atoms with Crippen LogP contribution in [-0.2, 0) is 21.2 Å². The summed E-state index contributed by atoms with van der Waals surface area (Å²) in [7, 11) is -4.05. The first kappa shape index (κ1) is 24.8. The second-order valence-corrected chi connectivity index (χ2v) is 9.98. The van der Waals surface area contributed by atoms with E-state index in [9.17, 15) is 13.2 Å². The largest absolute Gasteiger partial charge is 0.494 e. The SMILES string of the molecule is CCc1ccc(N(C(=O)CCCOc2cc(C)c(Cl)c(C)c2)S(=O)(=O)c2ccccc2)cc1. The van der Waals surface area contributed by atoms with Crippen molar-refractivity contribution >= 4 is 33.2 Å². The lowest BCUT2D eigenvalue weighted by Gasteiger charge is -2.23. The number of halogens is 1. The highest BCUT2D eigenvalue weighted by Gasteiger charge is 2.30. The van der Waals surface area contributed by atoms with E-state index in [-0.39, 0.29) is 17.9 Å². The van der Waals surface area contributed by atoms with E-state index in [1.807, 2.05) is 45.0 Å². The Kier molecular flexibility index (Phi) is 8.16. The van der Waals surface area contributed by atoms with E-state index in [2.05, 4.69) is 0 Å². The normalized spacial score (nSPS) is 11.3. The minimum absolute atomic E-state index is 0.0210.